The highest BCUT2D eigenvalue weighted by Crippen LogP contribution is 2.22. The number of rotatable bonds is 6. The third-order valence-corrected chi connectivity index (χ3v) is 3.91. The average molecular weight is 290 g/mol. The topological polar surface area (TPSA) is 40.5 Å². The number of halogens is 1. The van der Waals surface area contributed by atoms with Crippen LogP contribution in [0.3, 0.4) is 0 Å². The average Bonchev–Trinajstić information content (AvgIpc) is 2.68. The molecule has 1 amide bonds. The summed E-state index contributed by atoms with van der Waals surface area (Å²) in [5.74, 6) is 0.0791. The highest BCUT2D eigenvalue weighted by molar-refractivity contribution is 7.16. The van der Waals surface area contributed by atoms with Crippen molar-refractivity contribution in [1.29, 1.82) is 0 Å². The second-order valence-corrected chi connectivity index (χ2v) is 6.49. The van der Waals surface area contributed by atoms with E-state index in [-0.39, 0.29) is 11.9 Å². The molecule has 1 atom stereocenters. The van der Waals surface area contributed by atoms with Crippen LogP contribution in [0.15, 0.2) is 12.1 Å². The van der Waals surface area contributed by atoms with E-state index in [1.165, 1.54) is 11.3 Å². The molecule has 0 saturated heterocycles. The SMILES string of the molecule is CC(O)CN(C(=O)CCc1ccc(Cl)s1)C(C)C. The van der Waals surface area contributed by atoms with Gasteiger partial charge in [0.15, 0.2) is 0 Å². The van der Waals surface area contributed by atoms with E-state index in [1.807, 2.05) is 26.0 Å². The van der Waals surface area contributed by atoms with Crippen LogP contribution in [0.25, 0.3) is 0 Å². The van der Waals surface area contributed by atoms with Crippen LogP contribution < -0.4 is 0 Å². The maximum absolute atomic E-state index is 12.1. The summed E-state index contributed by atoms with van der Waals surface area (Å²) in [6, 6.07) is 3.91. The van der Waals surface area contributed by atoms with Crippen molar-refractivity contribution < 1.29 is 9.90 Å². The van der Waals surface area contributed by atoms with Crippen LogP contribution in [0.1, 0.15) is 32.1 Å². The van der Waals surface area contributed by atoms with Gasteiger partial charge >= 0.3 is 0 Å². The molecule has 1 aromatic rings. The van der Waals surface area contributed by atoms with Crippen molar-refractivity contribution in [3.8, 4) is 0 Å². The van der Waals surface area contributed by atoms with E-state index in [0.717, 1.165) is 9.21 Å². The minimum atomic E-state index is -0.493. The monoisotopic (exact) mass is 289 g/mol. The number of carbonyl (C=O) groups excluding carboxylic acids is 1. The van der Waals surface area contributed by atoms with Gasteiger partial charge in [0.25, 0.3) is 0 Å². The lowest BCUT2D eigenvalue weighted by molar-refractivity contribution is -0.134. The molecule has 1 N–H and O–H groups in total. The van der Waals surface area contributed by atoms with Crippen LogP contribution in [-0.4, -0.2) is 34.6 Å². The summed E-state index contributed by atoms with van der Waals surface area (Å²) in [5, 5.41) is 9.40. The van der Waals surface area contributed by atoms with Crippen molar-refractivity contribution in [2.75, 3.05) is 6.54 Å². The summed E-state index contributed by atoms with van der Waals surface area (Å²) in [6.07, 6.45) is 0.675. The Kier molecular flexibility index (Phi) is 6.12. The maximum Gasteiger partial charge on any atom is 0.223 e. The lowest BCUT2D eigenvalue weighted by Gasteiger charge is -2.28. The first kappa shape index (κ1) is 15.5. The van der Waals surface area contributed by atoms with Crippen molar-refractivity contribution >= 4 is 28.8 Å². The second kappa shape index (κ2) is 7.12. The Morgan fingerprint density at radius 1 is 1.44 bits per heavy atom. The molecule has 0 aliphatic carbocycles. The smallest absolute Gasteiger partial charge is 0.223 e. The molecule has 0 aromatic carbocycles. The van der Waals surface area contributed by atoms with Crippen molar-refractivity contribution in [2.24, 2.45) is 0 Å². The van der Waals surface area contributed by atoms with Gasteiger partial charge in [-0.25, -0.2) is 0 Å². The first-order chi connectivity index (χ1) is 8.40. The van der Waals surface area contributed by atoms with Gasteiger partial charge in [-0.2, -0.15) is 0 Å². The van der Waals surface area contributed by atoms with Gasteiger partial charge in [-0.05, 0) is 39.3 Å². The molecule has 0 spiro atoms. The number of carbonyl (C=O) groups is 1. The molecule has 5 heteroatoms. The minimum absolute atomic E-state index is 0.0791. The van der Waals surface area contributed by atoms with Crippen molar-refractivity contribution in [3.05, 3.63) is 21.3 Å². The van der Waals surface area contributed by atoms with Crippen molar-refractivity contribution in [2.45, 2.75) is 45.8 Å². The number of aliphatic hydroxyl groups excluding tert-OH is 1. The molecule has 0 bridgehead atoms. The van der Waals surface area contributed by atoms with Gasteiger partial charge in [0.2, 0.25) is 5.91 Å². The minimum Gasteiger partial charge on any atom is -0.392 e. The Bertz CT molecular complexity index is 390. The number of hydrogen-bond acceptors (Lipinski definition) is 3. The number of thiophene rings is 1. The molecule has 3 nitrogen and oxygen atoms in total. The van der Waals surface area contributed by atoms with Gasteiger partial charge in [-0.15, -0.1) is 11.3 Å². The number of aliphatic hydroxyl groups is 1. The number of hydrogen-bond donors (Lipinski definition) is 1. The molecule has 0 aliphatic rings. The fourth-order valence-electron chi connectivity index (χ4n) is 1.75. The van der Waals surface area contributed by atoms with Gasteiger partial charge in [0.05, 0.1) is 10.4 Å². The number of amides is 1. The molecule has 18 heavy (non-hydrogen) atoms. The number of nitrogens with zero attached hydrogens (tertiary/aromatic N) is 1. The predicted octanol–water partition coefficient (Wildman–Crippen LogP) is 2.95. The molecule has 1 unspecified atom stereocenters. The molecule has 1 heterocycles. The maximum atomic E-state index is 12.1. The highest BCUT2D eigenvalue weighted by atomic mass is 35.5. The van der Waals surface area contributed by atoms with Gasteiger partial charge in [0.1, 0.15) is 0 Å². The first-order valence-electron chi connectivity index (χ1n) is 6.12. The predicted molar refractivity (Wildman–Crippen MR) is 76.2 cm³/mol. The third kappa shape index (κ3) is 4.96. The Morgan fingerprint density at radius 3 is 2.56 bits per heavy atom. The molecule has 0 radical (unpaired) electrons. The summed E-state index contributed by atoms with van der Waals surface area (Å²) in [5.41, 5.74) is 0. The van der Waals surface area contributed by atoms with Crippen LogP contribution in [0.2, 0.25) is 4.34 Å². The van der Waals surface area contributed by atoms with Crippen molar-refractivity contribution in [3.63, 3.8) is 0 Å². The first-order valence-corrected chi connectivity index (χ1v) is 7.31. The normalized spacial score (nSPS) is 12.8. The van der Waals surface area contributed by atoms with E-state index in [2.05, 4.69) is 0 Å². The summed E-state index contributed by atoms with van der Waals surface area (Å²) in [4.78, 5) is 14.9. The molecular weight excluding hydrogens is 270 g/mol. The van der Waals surface area contributed by atoms with E-state index in [1.54, 1.807) is 11.8 Å². The fourth-order valence-corrected chi connectivity index (χ4v) is 2.83. The van der Waals surface area contributed by atoms with Crippen LogP contribution in [0, 0.1) is 0 Å². The summed E-state index contributed by atoms with van der Waals surface area (Å²) in [6.45, 7) is 6.01. The lowest BCUT2D eigenvalue weighted by Crippen LogP contribution is -2.41. The Labute approximate surface area is 117 Å². The zero-order valence-corrected chi connectivity index (χ0v) is 12.6. The van der Waals surface area contributed by atoms with Crippen LogP contribution >= 0.6 is 22.9 Å². The molecule has 0 saturated carbocycles. The molecule has 102 valence electrons. The van der Waals surface area contributed by atoms with E-state index in [9.17, 15) is 9.90 Å². The summed E-state index contributed by atoms with van der Waals surface area (Å²) < 4.78 is 0.752. The lowest BCUT2D eigenvalue weighted by atomic mass is 10.2. The highest BCUT2D eigenvalue weighted by Gasteiger charge is 2.18. The fraction of sp³-hybridized carbons (Fsp3) is 0.615. The summed E-state index contributed by atoms with van der Waals surface area (Å²) >= 11 is 7.36. The zero-order valence-electron chi connectivity index (χ0n) is 11.0. The quantitative estimate of drug-likeness (QED) is 0.875. The van der Waals surface area contributed by atoms with Crippen LogP contribution in [0.5, 0.6) is 0 Å². The zero-order chi connectivity index (χ0) is 13.7. The molecular formula is C13H20ClNO2S. The van der Waals surface area contributed by atoms with Gasteiger partial charge in [0, 0.05) is 23.9 Å². The van der Waals surface area contributed by atoms with Crippen LogP contribution in [-0.2, 0) is 11.2 Å². The van der Waals surface area contributed by atoms with Gasteiger partial charge in [-0.1, -0.05) is 11.6 Å². The number of aryl methyl sites for hydroxylation is 1. The second-order valence-electron chi connectivity index (χ2n) is 4.69. The van der Waals surface area contributed by atoms with Crippen LogP contribution in [0.4, 0.5) is 0 Å². The third-order valence-electron chi connectivity index (χ3n) is 2.62. The Morgan fingerprint density at radius 2 is 2.11 bits per heavy atom. The van der Waals surface area contributed by atoms with Gasteiger partial charge < -0.3 is 10.0 Å². The Hall–Kier alpha value is -0.580. The Balaban J connectivity index is 2.51. The standard InChI is InChI=1S/C13H20ClNO2S/c1-9(2)15(8-10(3)16)13(17)7-5-11-4-6-12(14)18-11/h4,6,9-10,16H,5,7-8H2,1-3H3. The summed E-state index contributed by atoms with van der Waals surface area (Å²) in [7, 11) is 0. The van der Waals surface area contributed by atoms with E-state index in [4.69, 9.17) is 11.6 Å². The largest absolute Gasteiger partial charge is 0.392 e. The van der Waals surface area contributed by atoms with Crippen molar-refractivity contribution in [1.82, 2.24) is 4.90 Å². The molecule has 0 fully saturated rings. The van der Waals surface area contributed by atoms with Gasteiger partial charge in [-0.3, -0.25) is 4.79 Å². The molecule has 1 rings (SSSR count). The van der Waals surface area contributed by atoms with E-state index >= 15 is 0 Å². The molecule has 0 aliphatic heterocycles. The van der Waals surface area contributed by atoms with E-state index in [0.29, 0.717) is 19.4 Å². The van der Waals surface area contributed by atoms with E-state index < -0.39 is 6.10 Å². The molecule has 1 aromatic heterocycles.